The molecule has 1 aliphatic heterocycles. The van der Waals surface area contributed by atoms with Crippen LogP contribution in [0, 0.1) is 12.7 Å². The number of benzene rings is 2. The molecule has 194 valence electrons. The van der Waals surface area contributed by atoms with E-state index >= 15 is 0 Å². The summed E-state index contributed by atoms with van der Waals surface area (Å²) in [4.78, 5) is 16.4. The molecule has 8 heteroatoms. The summed E-state index contributed by atoms with van der Waals surface area (Å²) in [7, 11) is 1.94. The van der Waals surface area contributed by atoms with E-state index in [0.29, 0.717) is 22.7 Å². The monoisotopic (exact) mass is 532 g/mol. The van der Waals surface area contributed by atoms with E-state index in [4.69, 9.17) is 4.74 Å². The number of ether oxygens (including phenoxy) is 1. The number of fused-ring (bicyclic) bond motifs is 1. The van der Waals surface area contributed by atoms with Gasteiger partial charge in [-0.1, -0.05) is 6.08 Å². The Hall–Kier alpha value is -2.48. The van der Waals surface area contributed by atoms with E-state index in [0.717, 1.165) is 52.3 Å². The average Bonchev–Trinajstić information content (AvgIpc) is 3.08. The molecule has 0 amide bonds. The van der Waals surface area contributed by atoms with Crippen molar-refractivity contribution in [1.82, 2.24) is 9.47 Å². The maximum absolute atomic E-state index is 13.6. The molecule has 0 spiro atoms. The Balaban J connectivity index is 0.00000361. The van der Waals surface area contributed by atoms with Gasteiger partial charge < -0.3 is 14.4 Å². The molecule has 5 nitrogen and oxygen atoms in total. The first-order valence-electron chi connectivity index (χ1n) is 12.0. The number of aryl methyl sites for hydroxylation is 2. The van der Waals surface area contributed by atoms with Crippen molar-refractivity contribution in [2.75, 3.05) is 19.7 Å². The van der Waals surface area contributed by atoms with Crippen molar-refractivity contribution in [3.8, 4) is 5.75 Å². The number of phenolic OH excluding ortho intramolecular Hbond substituents is 1. The molecule has 4 rings (SSSR count). The van der Waals surface area contributed by atoms with Crippen molar-refractivity contribution in [2.24, 2.45) is 7.05 Å². The van der Waals surface area contributed by atoms with Gasteiger partial charge in [0.2, 0.25) is 0 Å². The summed E-state index contributed by atoms with van der Waals surface area (Å²) >= 11 is 1.55. The number of thioether (sulfide) groups is 1. The number of carbonyl (C=O) groups is 1. The number of halogens is 2. The van der Waals surface area contributed by atoms with Crippen molar-refractivity contribution in [2.45, 2.75) is 50.8 Å². The summed E-state index contributed by atoms with van der Waals surface area (Å²) < 4.78 is 21.0. The van der Waals surface area contributed by atoms with Crippen LogP contribution in [0.2, 0.25) is 0 Å². The predicted molar refractivity (Wildman–Crippen MR) is 148 cm³/mol. The van der Waals surface area contributed by atoms with Gasteiger partial charge in [-0.2, -0.15) is 0 Å². The van der Waals surface area contributed by atoms with Crippen LogP contribution in [0.25, 0.3) is 16.5 Å². The molecule has 0 radical (unpaired) electrons. The average molecular weight is 533 g/mol. The van der Waals surface area contributed by atoms with Gasteiger partial charge in [0, 0.05) is 59.0 Å². The molecule has 36 heavy (non-hydrogen) atoms. The number of phenols is 1. The summed E-state index contributed by atoms with van der Waals surface area (Å²) in [6, 6.07) is 8.89. The van der Waals surface area contributed by atoms with Crippen LogP contribution < -0.4 is 0 Å². The number of aromatic hydroxyl groups is 1. The van der Waals surface area contributed by atoms with E-state index in [1.165, 1.54) is 12.1 Å². The molecular formula is C28H34ClFN2O3S. The third-order valence-corrected chi connectivity index (χ3v) is 7.92. The highest BCUT2D eigenvalue weighted by atomic mass is 35.5. The first-order chi connectivity index (χ1) is 16.7. The Kier molecular flexibility index (Phi) is 9.14. The molecule has 0 unspecified atom stereocenters. The lowest BCUT2D eigenvalue weighted by Crippen LogP contribution is -2.34. The van der Waals surface area contributed by atoms with Crippen LogP contribution >= 0.6 is 24.2 Å². The van der Waals surface area contributed by atoms with E-state index < -0.39 is 5.97 Å². The number of hydrogen-bond donors (Lipinski definition) is 1. The van der Waals surface area contributed by atoms with Crippen LogP contribution in [-0.4, -0.2) is 46.3 Å². The number of rotatable bonds is 7. The highest BCUT2D eigenvalue weighted by Gasteiger charge is 2.25. The zero-order chi connectivity index (χ0) is 25.3. The van der Waals surface area contributed by atoms with E-state index in [9.17, 15) is 14.3 Å². The molecule has 0 saturated heterocycles. The standard InChI is InChI=1S/C28H33FN2O3S.ClH/c1-6-34-28(33)27-22-15-25(32)21(19-9-11-31(12-10-19)17(2)3)14-23(22)30(5)24(27)16-35-26-8-7-20(29)13-18(26)4;/h7-9,13-15,17,32H,6,10-12,16H2,1-5H3;1H. The topological polar surface area (TPSA) is 54.7 Å². The maximum atomic E-state index is 13.6. The molecule has 3 aromatic rings. The van der Waals surface area contributed by atoms with Crippen LogP contribution in [0.4, 0.5) is 4.39 Å². The SMILES string of the molecule is CCOC(=O)c1c(CSc2ccc(F)cc2C)n(C)c2cc(C3=CCN(C(C)C)CC3)c(O)cc12.Cl. The molecule has 0 fully saturated rings. The van der Waals surface area contributed by atoms with Gasteiger partial charge in [0.1, 0.15) is 11.6 Å². The molecule has 1 N–H and O–H groups in total. The van der Waals surface area contributed by atoms with Crippen LogP contribution in [0.15, 0.2) is 41.3 Å². The summed E-state index contributed by atoms with van der Waals surface area (Å²) in [5, 5.41) is 11.7. The zero-order valence-corrected chi connectivity index (χ0v) is 23.1. The van der Waals surface area contributed by atoms with E-state index in [-0.39, 0.29) is 30.6 Å². The Morgan fingerprint density at radius 3 is 2.61 bits per heavy atom. The number of aromatic nitrogens is 1. The van der Waals surface area contributed by atoms with Gasteiger partial charge in [0.15, 0.2) is 0 Å². The first kappa shape index (κ1) is 28.1. The van der Waals surface area contributed by atoms with E-state index in [1.807, 2.05) is 24.6 Å². The fourth-order valence-electron chi connectivity index (χ4n) is 4.70. The molecule has 2 heterocycles. The van der Waals surface area contributed by atoms with Gasteiger partial charge >= 0.3 is 5.97 Å². The van der Waals surface area contributed by atoms with Gasteiger partial charge in [0.05, 0.1) is 12.2 Å². The summed E-state index contributed by atoms with van der Waals surface area (Å²) in [6.07, 6.45) is 3.05. The molecular weight excluding hydrogens is 499 g/mol. The van der Waals surface area contributed by atoms with Crippen molar-refractivity contribution in [3.63, 3.8) is 0 Å². The molecule has 0 aliphatic carbocycles. The van der Waals surface area contributed by atoms with Gasteiger partial charge in [0.25, 0.3) is 0 Å². The summed E-state index contributed by atoms with van der Waals surface area (Å²) in [5.41, 5.74) is 4.95. The smallest absolute Gasteiger partial charge is 0.340 e. The fourth-order valence-corrected chi connectivity index (χ4v) is 5.78. The quantitative estimate of drug-likeness (QED) is 0.270. The minimum atomic E-state index is -0.402. The third kappa shape index (κ3) is 5.58. The second-order valence-electron chi connectivity index (χ2n) is 9.25. The molecule has 1 aliphatic rings. The number of esters is 1. The first-order valence-corrected chi connectivity index (χ1v) is 13.0. The molecule has 0 atom stereocenters. The second-order valence-corrected chi connectivity index (χ2v) is 10.3. The normalized spacial score (nSPS) is 14.1. The lowest BCUT2D eigenvalue weighted by molar-refractivity contribution is 0.0527. The fraction of sp³-hybridized carbons (Fsp3) is 0.393. The molecule has 2 aromatic carbocycles. The van der Waals surface area contributed by atoms with Gasteiger partial charge in [-0.15, -0.1) is 24.2 Å². The Labute approximate surface area is 222 Å². The Bertz CT molecular complexity index is 1300. The highest BCUT2D eigenvalue weighted by Crippen LogP contribution is 2.38. The van der Waals surface area contributed by atoms with Gasteiger partial charge in [-0.05, 0) is 75.6 Å². The van der Waals surface area contributed by atoms with Crippen molar-refractivity contribution >= 4 is 46.6 Å². The summed E-state index contributed by atoms with van der Waals surface area (Å²) in [6.45, 7) is 10.1. The lowest BCUT2D eigenvalue weighted by atomic mass is 9.96. The lowest BCUT2D eigenvalue weighted by Gasteiger charge is -2.30. The van der Waals surface area contributed by atoms with Gasteiger partial charge in [-0.25, -0.2) is 9.18 Å². The van der Waals surface area contributed by atoms with Crippen LogP contribution in [-0.2, 0) is 17.5 Å². The molecule has 0 bridgehead atoms. The number of carbonyl (C=O) groups excluding carboxylic acids is 1. The minimum Gasteiger partial charge on any atom is -0.507 e. The summed E-state index contributed by atoms with van der Waals surface area (Å²) in [5.74, 6) is 0.0151. The second kappa shape index (κ2) is 11.7. The van der Waals surface area contributed by atoms with Crippen molar-refractivity contribution < 1.29 is 19.0 Å². The maximum Gasteiger partial charge on any atom is 0.340 e. The number of nitrogens with zero attached hydrogens (tertiary/aromatic N) is 2. The predicted octanol–water partition coefficient (Wildman–Crippen LogP) is 6.72. The molecule has 0 saturated carbocycles. The van der Waals surface area contributed by atoms with Crippen LogP contribution in [0.3, 0.4) is 0 Å². The van der Waals surface area contributed by atoms with Crippen LogP contribution in [0.5, 0.6) is 5.75 Å². The number of hydrogen-bond acceptors (Lipinski definition) is 5. The van der Waals surface area contributed by atoms with Gasteiger partial charge in [-0.3, -0.25) is 4.90 Å². The zero-order valence-electron chi connectivity index (χ0n) is 21.4. The van der Waals surface area contributed by atoms with E-state index in [2.05, 4.69) is 24.8 Å². The Morgan fingerprint density at radius 1 is 1.25 bits per heavy atom. The van der Waals surface area contributed by atoms with Crippen molar-refractivity contribution in [1.29, 1.82) is 0 Å². The van der Waals surface area contributed by atoms with E-state index in [1.54, 1.807) is 30.8 Å². The largest absolute Gasteiger partial charge is 0.507 e. The van der Waals surface area contributed by atoms with Crippen LogP contribution in [0.1, 0.15) is 54.4 Å². The third-order valence-electron chi connectivity index (χ3n) is 6.74. The molecule has 1 aromatic heterocycles. The minimum absolute atomic E-state index is 0. The van der Waals surface area contributed by atoms with Crippen molar-refractivity contribution in [3.05, 3.63) is 64.6 Å². The Morgan fingerprint density at radius 2 is 2.00 bits per heavy atom. The highest BCUT2D eigenvalue weighted by molar-refractivity contribution is 7.98.